The second-order valence-corrected chi connectivity index (χ2v) is 6.80. The number of rotatable bonds is 3. The predicted octanol–water partition coefficient (Wildman–Crippen LogP) is 0.127. The van der Waals surface area contributed by atoms with E-state index in [4.69, 9.17) is 0 Å². The Labute approximate surface area is 98.4 Å². The van der Waals surface area contributed by atoms with Gasteiger partial charge in [0.1, 0.15) is 4.66 Å². The fourth-order valence-electron chi connectivity index (χ4n) is 1.68. The summed E-state index contributed by atoms with van der Waals surface area (Å²) in [5.74, 6) is -0.290. The lowest BCUT2D eigenvalue weighted by Gasteiger charge is -2.30. The summed E-state index contributed by atoms with van der Waals surface area (Å²) in [6.45, 7) is 0.815. The van der Waals surface area contributed by atoms with Crippen molar-refractivity contribution in [1.29, 1.82) is 0 Å². The standard InChI is InChI=1S/C8H15BrN2O3S/c1-10-8(12)7-3-2-4-11(5-7)15(13,14)6-9/h7H,2-6H2,1H3,(H,10,12). The van der Waals surface area contributed by atoms with Crippen LogP contribution in [0.3, 0.4) is 0 Å². The van der Waals surface area contributed by atoms with Crippen LogP contribution in [0.2, 0.25) is 0 Å². The van der Waals surface area contributed by atoms with Crippen LogP contribution in [0, 0.1) is 5.92 Å². The van der Waals surface area contributed by atoms with E-state index in [9.17, 15) is 13.2 Å². The molecule has 1 atom stereocenters. The first-order chi connectivity index (χ1) is 7.01. The van der Waals surface area contributed by atoms with E-state index in [1.165, 1.54) is 4.31 Å². The predicted molar refractivity (Wildman–Crippen MR) is 61.1 cm³/mol. The number of carbonyl (C=O) groups excluding carboxylic acids is 1. The minimum atomic E-state index is -3.23. The van der Waals surface area contributed by atoms with Crippen LogP contribution in [0.15, 0.2) is 0 Å². The zero-order chi connectivity index (χ0) is 11.5. The average Bonchev–Trinajstić information content (AvgIpc) is 2.28. The molecular weight excluding hydrogens is 284 g/mol. The van der Waals surface area contributed by atoms with Crippen molar-refractivity contribution in [3.05, 3.63) is 0 Å². The molecule has 0 aromatic heterocycles. The van der Waals surface area contributed by atoms with Crippen LogP contribution < -0.4 is 5.32 Å². The molecule has 1 amide bonds. The van der Waals surface area contributed by atoms with Gasteiger partial charge in [-0.3, -0.25) is 4.79 Å². The van der Waals surface area contributed by atoms with Gasteiger partial charge in [-0.15, -0.1) is 0 Å². The monoisotopic (exact) mass is 298 g/mol. The van der Waals surface area contributed by atoms with Gasteiger partial charge >= 0.3 is 0 Å². The van der Waals surface area contributed by atoms with Crippen LogP contribution in [0.4, 0.5) is 0 Å². The summed E-state index contributed by atoms with van der Waals surface area (Å²) in [4.78, 5) is 11.4. The summed E-state index contributed by atoms with van der Waals surface area (Å²) in [6.07, 6.45) is 1.50. The Bertz CT molecular complexity index is 331. The van der Waals surface area contributed by atoms with Crippen molar-refractivity contribution < 1.29 is 13.2 Å². The van der Waals surface area contributed by atoms with E-state index >= 15 is 0 Å². The van der Waals surface area contributed by atoms with E-state index in [1.807, 2.05) is 0 Å². The van der Waals surface area contributed by atoms with E-state index in [0.29, 0.717) is 13.1 Å². The van der Waals surface area contributed by atoms with Gasteiger partial charge in [-0.05, 0) is 12.8 Å². The number of amides is 1. The van der Waals surface area contributed by atoms with Crippen LogP contribution in [0.1, 0.15) is 12.8 Å². The van der Waals surface area contributed by atoms with E-state index in [2.05, 4.69) is 21.2 Å². The summed E-state index contributed by atoms with van der Waals surface area (Å²) in [5, 5.41) is 2.55. The highest BCUT2D eigenvalue weighted by molar-refractivity contribution is 9.10. The SMILES string of the molecule is CNC(=O)C1CCCN(S(=O)(=O)CBr)C1. The maximum absolute atomic E-state index is 11.6. The van der Waals surface area contributed by atoms with Crippen molar-refractivity contribution in [3.63, 3.8) is 0 Å². The van der Waals surface area contributed by atoms with Gasteiger partial charge in [-0.1, -0.05) is 15.9 Å². The number of sulfonamides is 1. The maximum Gasteiger partial charge on any atom is 0.224 e. The Morgan fingerprint density at radius 1 is 1.60 bits per heavy atom. The lowest BCUT2D eigenvalue weighted by atomic mass is 9.99. The molecule has 1 rings (SSSR count). The zero-order valence-corrected chi connectivity index (χ0v) is 11.0. The molecule has 1 fully saturated rings. The fourth-order valence-corrected chi connectivity index (χ4v) is 3.50. The molecule has 0 radical (unpaired) electrons. The largest absolute Gasteiger partial charge is 0.359 e. The number of hydrogen-bond donors (Lipinski definition) is 1. The highest BCUT2D eigenvalue weighted by Crippen LogP contribution is 2.20. The Hall–Kier alpha value is -0.140. The summed E-state index contributed by atoms with van der Waals surface area (Å²) in [7, 11) is -1.66. The molecule has 0 aromatic rings. The summed E-state index contributed by atoms with van der Waals surface area (Å²) in [5.41, 5.74) is 0. The molecule has 1 aliphatic rings. The summed E-state index contributed by atoms with van der Waals surface area (Å²) < 4.78 is 24.4. The van der Waals surface area contributed by atoms with Crippen molar-refractivity contribution in [2.75, 3.05) is 24.8 Å². The molecule has 1 aliphatic heterocycles. The molecule has 0 spiro atoms. The van der Waals surface area contributed by atoms with Crippen LogP contribution in [-0.2, 0) is 14.8 Å². The molecule has 15 heavy (non-hydrogen) atoms. The molecule has 7 heteroatoms. The van der Waals surface area contributed by atoms with E-state index in [0.717, 1.165) is 12.8 Å². The maximum atomic E-state index is 11.6. The zero-order valence-electron chi connectivity index (χ0n) is 8.57. The van der Waals surface area contributed by atoms with Crippen LogP contribution >= 0.6 is 15.9 Å². The molecule has 1 heterocycles. The molecule has 0 aromatic carbocycles. The lowest BCUT2D eigenvalue weighted by molar-refractivity contribution is -0.125. The van der Waals surface area contributed by atoms with Gasteiger partial charge in [0.05, 0.1) is 5.92 Å². The van der Waals surface area contributed by atoms with Gasteiger partial charge in [0.2, 0.25) is 15.9 Å². The summed E-state index contributed by atoms with van der Waals surface area (Å²) in [6, 6.07) is 0. The molecule has 1 unspecified atom stereocenters. The first kappa shape index (κ1) is 12.9. The molecule has 0 saturated carbocycles. The number of alkyl halides is 1. The van der Waals surface area contributed by atoms with Crippen LogP contribution in [0.25, 0.3) is 0 Å². The number of halogens is 1. The number of carbonyl (C=O) groups is 1. The topological polar surface area (TPSA) is 66.5 Å². The van der Waals surface area contributed by atoms with Gasteiger partial charge in [0.25, 0.3) is 0 Å². The molecule has 1 N–H and O–H groups in total. The lowest BCUT2D eigenvalue weighted by Crippen LogP contribution is -2.45. The smallest absolute Gasteiger partial charge is 0.224 e. The molecule has 0 bridgehead atoms. The minimum Gasteiger partial charge on any atom is -0.359 e. The number of nitrogens with zero attached hydrogens (tertiary/aromatic N) is 1. The molecular formula is C8H15BrN2O3S. The van der Waals surface area contributed by atoms with Crippen molar-refractivity contribution in [2.45, 2.75) is 12.8 Å². The van der Waals surface area contributed by atoms with Crippen molar-refractivity contribution in [1.82, 2.24) is 9.62 Å². The average molecular weight is 299 g/mol. The Balaban J connectivity index is 2.68. The molecule has 0 aliphatic carbocycles. The van der Waals surface area contributed by atoms with E-state index in [1.54, 1.807) is 7.05 Å². The highest BCUT2D eigenvalue weighted by atomic mass is 79.9. The second-order valence-electron chi connectivity index (χ2n) is 3.53. The first-order valence-corrected chi connectivity index (χ1v) is 7.49. The third-order valence-corrected chi connectivity index (χ3v) is 5.66. The Kier molecular flexibility index (Phi) is 4.54. The fraction of sp³-hybridized carbons (Fsp3) is 0.875. The van der Waals surface area contributed by atoms with Crippen LogP contribution in [0.5, 0.6) is 0 Å². The molecule has 88 valence electrons. The van der Waals surface area contributed by atoms with E-state index < -0.39 is 10.0 Å². The molecule has 5 nitrogen and oxygen atoms in total. The van der Waals surface area contributed by atoms with Gasteiger partial charge in [-0.2, -0.15) is 0 Å². The van der Waals surface area contributed by atoms with Gasteiger partial charge in [-0.25, -0.2) is 12.7 Å². The Morgan fingerprint density at radius 3 is 2.80 bits per heavy atom. The van der Waals surface area contributed by atoms with Gasteiger partial charge in [0.15, 0.2) is 0 Å². The van der Waals surface area contributed by atoms with Gasteiger partial charge in [0, 0.05) is 20.1 Å². The van der Waals surface area contributed by atoms with E-state index in [-0.39, 0.29) is 16.5 Å². The second kappa shape index (κ2) is 5.27. The van der Waals surface area contributed by atoms with Gasteiger partial charge < -0.3 is 5.32 Å². The number of nitrogens with one attached hydrogen (secondary N) is 1. The first-order valence-electron chi connectivity index (χ1n) is 4.76. The van der Waals surface area contributed by atoms with Crippen molar-refractivity contribution >= 4 is 31.9 Å². The quantitative estimate of drug-likeness (QED) is 0.753. The molecule has 1 saturated heterocycles. The number of piperidine rings is 1. The minimum absolute atomic E-state index is 0.0792. The Morgan fingerprint density at radius 2 is 2.27 bits per heavy atom. The van der Waals surface area contributed by atoms with Crippen molar-refractivity contribution in [3.8, 4) is 0 Å². The van der Waals surface area contributed by atoms with Crippen molar-refractivity contribution in [2.24, 2.45) is 5.92 Å². The normalized spacial score (nSPS) is 23.7. The highest BCUT2D eigenvalue weighted by Gasteiger charge is 2.31. The third-order valence-electron chi connectivity index (χ3n) is 2.53. The third kappa shape index (κ3) is 3.15. The summed E-state index contributed by atoms with van der Waals surface area (Å²) >= 11 is 2.95. The number of hydrogen-bond acceptors (Lipinski definition) is 3. The van der Waals surface area contributed by atoms with Crippen LogP contribution in [-0.4, -0.2) is 43.4 Å².